The van der Waals surface area contributed by atoms with E-state index in [1.54, 1.807) is 0 Å². The second-order valence-electron chi connectivity index (χ2n) is 5.49. The third-order valence-electron chi connectivity index (χ3n) is 3.97. The van der Waals surface area contributed by atoms with Crippen LogP contribution in [0.15, 0.2) is 6.07 Å². The summed E-state index contributed by atoms with van der Waals surface area (Å²) in [5.41, 5.74) is 2.72. The molecule has 0 spiro atoms. The van der Waals surface area contributed by atoms with E-state index in [1.807, 2.05) is 19.9 Å². The lowest BCUT2D eigenvalue weighted by molar-refractivity contribution is 0.0745. The quantitative estimate of drug-likeness (QED) is 0.855. The fraction of sp³-hybridized carbons (Fsp3) is 0.714. The zero-order valence-electron chi connectivity index (χ0n) is 11.0. The van der Waals surface area contributed by atoms with Crippen LogP contribution in [0.2, 0.25) is 0 Å². The van der Waals surface area contributed by atoms with E-state index in [2.05, 4.69) is 17.1 Å². The highest BCUT2D eigenvalue weighted by atomic mass is 16.3. The van der Waals surface area contributed by atoms with Crippen LogP contribution in [-0.2, 0) is 0 Å². The van der Waals surface area contributed by atoms with E-state index in [-0.39, 0.29) is 6.10 Å². The van der Waals surface area contributed by atoms with Crippen LogP contribution < -0.4 is 0 Å². The molecule has 17 heavy (non-hydrogen) atoms. The van der Waals surface area contributed by atoms with Gasteiger partial charge in [-0.05, 0) is 44.6 Å². The maximum absolute atomic E-state index is 10.5. The molecule has 0 radical (unpaired) electrons. The number of nitrogens with zero attached hydrogens (tertiary/aromatic N) is 2. The molecule has 2 rings (SSSR count). The number of aryl methyl sites for hydroxylation is 2. The van der Waals surface area contributed by atoms with E-state index in [1.165, 1.54) is 12.8 Å². The molecule has 0 amide bonds. The lowest BCUT2D eigenvalue weighted by Crippen LogP contribution is -2.20. The Hall–Kier alpha value is -0.960. The van der Waals surface area contributed by atoms with Crippen molar-refractivity contribution >= 4 is 0 Å². The fourth-order valence-corrected chi connectivity index (χ4v) is 2.72. The molecule has 0 aliphatic heterocycles. The molecule has 0 saturated heterocycles. The van der Waals surface area contributed by atoms with E-state index < -0.39 is 0 Å². The molecule has 1 atom stereocenters. The largest absolute Gasteiger partial charge is 0.388 e. The lowest BCUT2D eigenvalue weighted by atomic mass is 9.78. The summed E-state index contributed by atoms with van der Waals surface area (Å²) in [4.78, 5) is 0. The molecule has 1 saturated carbocycles. The van der Waals surface area contributed by atoms with Crippen LogP contribution in [0.3, 0.4) is 0 Å². The number of aliphatic hydroxyl groups is 1. The Kier molecular flexibility index (Phi) is 3.77. The van der Waals surface area contributed by atoms with E-state index in [4.69, 9.17) is 0 Å². The van der Waals surface area contributed by atoms with Crippen molar-refractivity contribution in [3.05, 3.63) is 23.0 Å². The molecule has 1 aliphatic carbocycles. The highest BCUT2D eigenvalue weighted by Crippen LogP contribution is 2.37. The van der Waals surface area contributed by atoms with E-state index >= 15 is 0 Å². The predicted molar refractivity (Wildman–Crippen MR) is 67.6 cm³/mol. The molecule has 1 aromatic rings. The van der Waals surface area contributed by atoms with Crippen LogP contribution in [-0.4, -0.2) is 15.3 Å². The molecule has 1 heterocycles. The first-order valence-electron chi connectivity index (χ1n) is 6.57. The van der Waals surface area contributed by atoms with Crippen LogP contribution in [0.1, 0.15) is 55.7 Å². The van der Waals surface area contributed by atoms with E-state index in [0.29, 0.717) is 5.92 Å². The molecule has 1 unspecified atom stereocenters. The Balaban J connectivity index is 2.13. The van der Waals surface area contributed by atoms with Gasteiger partial charge in [0.2, 0.25) is 0 Å². The van der Waals surface area contributed by atoms with Gasteiger partial charge in [-0.3, -0.25) is 0 Å². The van der Waals surface area contributed by atoms with Crippen molar-refractivity contribution in [3.63, 3.8) is 0 Å². The molecule has 94 valence electrons. The molecule has 0 aromatic carbocycles. The second kappa shape index (κ2) is 5.13. The maximum atomic E-state index is 10.5. The number of hydrogen-bond acceptors (Lipinski definition) is 3. The molecule has 1 N–H and O–H groups in total. The number of aromatic nitrogens is 2. The molecule has 3 nitrogen and oxygen atoms in total. The Morgan fingerprint density at radius 3 is 2.47 bits per heavy atom. The smallest absolute Gasteiger partial charge is 0.0837 e. The lowest BCUT2D eigenvalue weighted by Gasteiger charge is -2.30. The summed E-state index contributed by atoms with van der Waals surface area (Å²) in [5, 5.41) is 18.6. The van der Waals surface area contributed by atoms with Gasteiger partial charge in [-0.2, -0.15) is 10.2 Å². The molecule has 1 aromatic heterocycles. The van der Waals surface area contributed by atoms with Crippen molar-refractivity contribution in [1.82, 2.24) is 10.2 Å². The van der Waals surface area contributed by atoms with Gasteiger partial charge in [-0.1, -0.05) is 19.8 Å². The van der Waals surface area contributed by atoms with Gasteiger partial charge in [0.1, 0.15) is 0 Å². The molecular weight excluding hydrogens is 212 g/mol. The molecular formula is C14H22N2O. The minimum absolute atomic E-state index is 0.364. The summed E-state index contributed by atoms with van der Waals surface area (Å²) in [5.74, 6) is 1.21. The van der Waals surface area contributed by atoms with Gasteiger partial charge < -0.3 is 5.11 Å². The van der Waals surface area contributed by atoms with Crippen LogP contribution in [0, 0.1) is 25.7 Å². The number of hydrogen-bond donors (Lipinski definition) is 1. The first-order chi connectivity index (χ1) is 8.08. The molecule has 3 heteroatoms. The van der Waals surface area contributed by atoms with Gasteiger partial charge in [0, 0.05) is 5.56 Å². The average molecular weight is 234 g/mol. The minimum atomic E-state index is -0.364. The first-order valence-corrected chi connectivity index (χ1v) is 6.57. The molecule has 1 aliphatic rings. The SMILES string of the molecule is Cc1cc(C(O)C2CCC(C)CC2)c(C)nn1. The van der Waals surface area contributed by atoms with E-state index in [9.17, 15) is 5.11 Å². The van der Waals surface area contributed by atoms with Crippen molar-refractivity contribution in [2.24, 2.45) is 11.8 Å². The second-order valence-corrected chi connectivity index (χ2v) is 5.49. The Morgan fingerprint density at radius 2 is 1.82 bits per heavy atom. The van der Waals surface area contributed by atoms with Crippen LogP contribution in [0.5, 0.6) is 0 Å². The van der Waals surface area contributed by atoms with Gasteiger partial charge in [0.05, 0.1) is 17.5 Å². The highest BCUT2D eigenvalue weighted by Gasteiger charge is 2.27. The standard InChI is InChI=1S/C14H22N2O/c1-9-4-6-12(7-5-9)14(17)13-8-10(2)15-16-11(13)3/h8-9,12,14,17H,4-7H2,1-3H3. The Morgan fingerprint density at radius 1 is 1.18 bits per heavy atom. The summed E-state index contributed by atoms with van der Waals surface area (Å²) in [7, 11) is 0. The fourth-order valence-electron chi connectivity index (χ4n) is 2.72. The van der Waals surface area contributed by atoms with Gasteiger partial charge in [0.15, 0.2) is 0 Å². The summed E-state index contributed by atoms with van der Waals surface area (Å²) in [6.07, 6.45) is 4.36. The average Bonchev–Trinajstić information content (AvgIpc) is 2.32. The van der Waals surface area contributed by atoms with Gasteiger partial charge in [0.25, 0.3) is 0 Å². The zero-order valence-corrected chi connectivity index (χ0v) is 11.0. The van der Waals surface area contributed by atoms with Gasteiger partial charge in [-0.15, -0.1) is 0 Å². The zero-order chi connectivity index (χ0) is 12.4. The summed E-state index contributed by atoms with van der Waals surface area (Å²) >= 11 is 0. The van der Waals surface area contributed by atoms with Crippen LogP contribution in [0.25, 0.3) is 0 Å². The van der Waals surface area contributed by atoms with Crippen molar-refractivity contribution in [2.45, 2.75) is 52.6 Å². The third kappa shape index (κ3) is 2.83. The Labute approximate surface area is 103 Å². The molecule has 0 bridgehead atoms. The van der Waals surface area contributed by atoms with Gasteiger partial charge in [-0.25, -0.2) is 0 Å². The topological polar surface area (TPSA) is 46.0 Å². The maximum Gasteiger partial charge on any atom is 0.0837 e. The summed E-state index contributed by atoms with van der Waals surface area (Å²) in [6.45, 7) is 6.15. The van der Waals surface area contributed by atoms with Crippen molar-refractivity contribution in [2.75, 3.05) is 0 Å². The van der Waals surface area contributed by atoms with Gasteiger partial charge >= 0.3 is 0 Å². The summed E-state index contributed by atoms with van der Waals surface area (Å²) < 4.78 is 0. The molecule has 1 fully saturated rings. The predicted octanol–water partition coefficient (Wildman–Crippen LogP) is 2.95. The number of rotatable bonds is 2. The van der Waals surface area contributed by atoms with Crippen molar-refractivity contribution in [3.8, 4) is 0 Å². The highest BCUT2D eigenvalue weighted by molar-refractivity contribution is 5.23. The first kappa shape index (κ1) is 12.5. The van der Waals surface area contributed by atoms with Crippen LogP contribution in [0.4, 0.5) is 0 Å². The third-order valence-corrected chi connectivity index (χ3v) is 3.97. The van der Waals surface area contributed by atoms with E-state index in [0.717, 1.165) is 35.7 Å². The van der Waals surface area contributed by atoms with Crippen LogP contribution >= 0.6 is 0 Å². The Bertz CT molecular complexity index is 384. The minimum Gasteiger partial charge on any atom is -0.388 e. The monoisotopic (exact) mass is 234 g/mol. The normalized spacial score (nSPS) is 26.8. The van der Waals surface area contributed by atoms with Crippen molar-refractivity contribution < 1.29 is 5.11 Å². The number of aliphatic hydroxyl groups excluding tert-OH is 1. The van der Waals surface area contributed by atoms with Crippen molar-refractivity contribution in [1.29, 1.82) is 0 Å². The summed E-state index contributed by atoms with van der Waals surface area (Å²) in [6, 6.07) is 1.98.